The van der Waals surface area contributed by atoms with Crippen LogP contribution in [0.3, 0.4) is 0 Å². The SMILES string of the molecule is CCS(=O)(=O)c1ccc(CN=C(N)Nc2cccc3c2CCCC3)s1. The minimum absolute atomic E-state index is 0.110. The molecule has 5 nitrogen and oxygen atoms in total. The summed E-state index contributed by atoms with van der Waals surface area (Å²) in [7, 11) is -3.15. The van der Waals surface area contributed by atoms with Crippen molar-refractivity contribution in [3.63, 3.8) is 0 Å². The maximum atomic E-state index is 11.9. The van der Waals surface area contributed by atoms with Crippen LogP contribution in [0, 0.1) is 0 Å². The first-order valence-electron chi connectivity index (χ1n) is 8.49. The van der Waals surface area contributed by atoms with Crippen LogP contribution >= 0.6 is 11.3 Å². The predicted octanol–water partition coefficient (Wildman–Crippen LogP) is 3.35. The Morgan fingerprint density at radius 1 is 1.24 bits per heavy atom. The van der Waals surface area contributed by atoms with E-state index in [-0.39, 0.29) is 5.75 Å². The molecule has 0 unspecified atom stereocenters. The molecule has 25 heavy (non-hydrogen) atoms. The summed E-state index contributed by atoms with van der Waals surface area (Å²) in [5.74, 6) is 0.464. The van der Waals surface area contributed by atoms with Crippen molar-refractivity contribution in [2.75, 3.05) is 11.1 Å². The number of anilines is 1. The van der Waals surface area contributed by atoms with Crippen molar-refractivity contribution in [2.45, 2.75) is 43.4 Å². The summed E-state index contributed by atoms with van der Waals surface area (Å²) in [5.41, 5.74) is 9.78. The zero-order valence-corrected chi connectivity index (χ0v) is 15.9. The number of thiophene rings is 1. The number of guanidine groups is 1. The molecule has 7 heteroatoms. The second-order valence-electron chi connectivity index (χ2n) is 6.10. The van der Waals surface area contributed by atoms with Gasteiger partial charge in [-0.1, -0.05) is 19.1 Å². The zero-order chi connectivity index (χ0) is 17.9. The molecule has 0 aliphatic heterocycles. The van der Waals surface area contributed by atoms with Crippen molar-refractivity contribution >= 4 is 32.8 Å². The van der Waals surface area contributed by atoms with Gasteiger partial charge in [-0.25, -0.2) is 13.4 Å². The van der Waals surface area contributed by atoms with Crippen LogP contribution in [0.1, 0.15) is 35.8 Å². The number of rotatable bonds is 5. The second kappa shape index (κ2) is 7.58. The Morgan fingerprint density at radius 2 is 2.04 bits per heavy atom. The van der Waals surface area contributed by atoms with E-state index >= 15 is 0 Å². The molecule has 0 spiro atoms. The average Bonchev–Trinajstić information content (AvgIpc) is 3.10. The van der Waals surface area contributed by atoms with E-state index in [9.17, 15) is 8.42 Å². The monoisotopic (exact) mass is 377 g/mol. The number of nitrogens with two attached hydrogens (primary N) is 1. The summed E-state index contributed by atoms with van der Waals surface area (Å²) in [5, 5.41) is 3.20. The fourth-order valence-corrected chi connectivity index (χ4v) is 5.39. The number of aryl methyl sites for hydroxylation is 1. The zero-order valence-electron chi connectivity index (χ0n) is 14.3. The van der Waals surface area contributed by atoms with Crippen LogP contribution in [0.25, 0.3) is 0 Å². The number of nitrogens with one attached hydrogen (secondary N) is 1. The number of sulfone groups is 1. The van der Waals surface area contributed by atoms with Gasteiger partial charge in [0.1, 0.15) is 4.21 Å². The van der Waals surface area contributed by atoms with E-state index in [2.05, 4.69) is 16.4 Å². The molecule has 0 saturated heterocycles. The number of benzene rings is 1. The molecule has 2 aromatic rings. The molecule has 3 N–H and O–H groups in total. The Kier molecular flexibility index (Phi) is 5.44. The van der Waals surface area contributed by atoms with Crippen molar-refractivity contribution in [3.05, 3.63) is 46.3 Å². The Morgan fingerprint density at radius 3 is 2.84 bits per heavy atom. The van der Waals surface area contributed by atoms with Crippen LogP contribution in [0.2, 0.25) is 0 Å². The highest BCUT2D eigenvalue weighted by Gasteiger charge is 2.15. The molecule has 1 aliphatic carbocycles. The van der Waals surface area contributed by atoms with Crippen LogP contribution in [-0.2, 0) is 29.2 Å². The third kappa shape index (κ3) is 4.22. The molecule has 0 bridgehead atoms. The van der Waals surface area contributed by atoms with Gasteiger partial charge in [0.25, 0.3) is 0 Å². The van der Waals surface area contributed by atoms with Gasteiger partial charge in [0.2, 0.25) is 0 Å². The molecule has 3 rings (SSSR count). The fraction of sp³-hybridized carbons (Fsp3) is 0.389. The van der Waals surface area contributed by atoms with Crippen molar-refractivity contribution in [3.8, 4) is 0 Å². The van der Waals surface area contributed by atoms with Gasteiger partial charge in [-0.15, -0.1) is 11.3 Å². The molecule has 0 fully saturated rings. The third-order valence-electron chi connectivity index (χ3n) is 4.39. The van der Waals surface area contributed by atoms with Crippen LogP contribution in [0.15, 0.2) is 39.5 Å². The van der Waals surface area contributed by atoms with Crippen molar-refractivity contribution in [2.24, 2.45) is 10.7 Å². The minimum atomic E-state index is -3.15. The summed E-state index contributed by atoms with van der Waals surface area (Å²) in [4.78, 5) is 5.24. The van der Waals surface area contributed by atoms with E-state index < -0.39 is 9.84 Å². The fourth-order valence-electron chi connectivity index (χ4n) is 2.99. The Labute approximate surface area is 152 Å². The van der Waals surface area contributed by atoms with Crippen molar-refractivity contribution in [1.29, 1.82) is 0 Å². The maximum absolute atomic E-state index is 11.9. The molecular weight excluding hydrogens is 354 g/mol. The van der Waals surface area contributed by atoms with Gasteiger partial charge in [0, 0.05) is 10.6 Å². The molecule has 1 aromatic heterocycles. The maximum Gasteiger partial charge on any atom is 0.193 e. The van der Waals surface area contributed by atoms with Gasteiger partial charge in [0.15, 0.2) is 15.8 Å². The van der Waals surface area contributed by atoms with E-state index in [4.69, 9.17) is 5.73 Å². The van der Waals surface area contributed by atoms with E-state index in [0.717, 1.165) is 23.4 Å². The van der Waals surface area contributed by atoms with Crippen LogP contribution < -0.4 is 11.1 Å². The highest BCUT2D eigenvalue weighted by Crippen LogP contribution is 2.28. The van der Waals surface area contributed by atoms with Crippen LogP contribution in [0.5, 0.6) is 0 Å². The van der Waals surface area contributed by atoms with E-state index in [1.54, 1.807) is 19.1 Å². The lowest BCUT2D eigenvalue weighted by Gasteiger charge is -2.19. The lowest BCUT2D eigenvalue weighted by molar-refractivity contribution is 0.599. The number of fused-ring (bicyclic) bond motifs is 1. The molecule has 134 valence electrons. The first-order valence-corrected chi connectivity index (χ1v) is 11.0. The highest BCUT2D eigenvalue weighted by atomic mass is 32.2. The standard InChI is InChI=1S/C18H23N3O2S2/c1-2-25(22,23)17-11-10-14(24-17)12-20-18(19)21-16-9-5-7-13-6-3-4-8-15(13)16/h5,7,9-11H,2-4,6,8,12H2,1H3,(H3,19,20,21). The lowest BCUT2D eigenvalue weighted by Crippen LogP contribution is -2.24. The summed E-state index contributed by atoms with van der Waals surface area (Å²) in [6, 6.07) is 9.69. The highest BCUT2D eigenvalue weighted by molar-refractivity contribution is 7.93. The lowest BCUT2D eigenvalue weighted by atomic mass is 9.90. The smallest absolute Gasteiger partial charge is 0.193 e. The average molecular weight is 378 g/mol. The van der Waals surface area contributed by atoms with Crippen LogP contribution in [0.4, 0.5) is 5.69 Å². The number of aliphatic imine (C=N–C) groups is 1. The normalized spacial score (nSPS) is 15.0. The van der Waals surface area contributed by atoms with Crippen LogP contribution in [-0.4, -0.2) is 20.1 Å². The Hall–Kier alpha value is -1.86. The first kappa shape index (κ1) is 17.9. The van der Waals surface area contributed by atoms with Crippen molar-refractivity contribution < 1.29 is 8.42 Å². The summed E-state index contributed by atoms with van der Waals surface area (Å²) in [6.07, 6.45) is 4.62. The molecule has 0 radical (unpaired) electrons. The van der Waals surface area contributed by atoms with E-state index in [1.807, 2.05) is 12.1 Å². The van der Waals surface area contributed by atoms with Gasteiger partial charge in [-0.3, -0.25) is 0 Å². The molecule has 0 atom stereocenters. The van der Waals surface area contributed by atoms with Gasteiger partial charge in [0.05, 0.1) is 12.3 Å². The number of hydrogen-bond donors (Lipinski definition) is 2. The predicted molar refractivity (Wildman–Crippen MR) is 104 cm³/mol. The topological polar surface area (TPSA) is 84.5 Å². The Balaban J connectivity index is 1.69. The molecular formula is C18H23N3O2S2. The van der Waals surface area contributed by atoms with Gasteiger partial charge >= 0.3 is 0 Å². The molecule has 1 aliphatic rings. The summed E-state index contributed by atoms with van der Waals surface area (Å²) < 4.78 is 24.1. The summed E-state index contributed by atoms with van der Waals surface area (Å²) in [6.45, 7) is 2.02. The third-order valence-corrected chi connectivity index (χ3v) is 7.77. The minimum Gasteiger partial charge on any atom is -0.370 e. The Bertz CT molecular complexity index is 885. The largest absolute Gasteiger partial charge is 0.370 e. The van der Waals surface area contributed by atoms with Gasteiger partial charge in [-0.05, 0) is 55.0 Å². The van der Waals surface area contributed by atoms with E-state index in [0.29, 0.717) is 16.7 Å². The quantitative estimate of drug-likeness (QED) is 0.618. The van der Waals surface area contributed by atoms with Crippen molar-refractivity contribution in [1.82, 2.24) is 0 Å². The number of nitrogens with zero attached hydrogens (tertiary/aromatic N) is 1. The molecule has 0 amide bonds. The summed E-state index contributed by atoms with van der Waals surface area (Å²) >= 11 is 1.26. The van der Waals surface area contributed by atoms with Gasteiger partial charge in [-0.2, -0.15) is 0 Å². The molecule has 0 saturated carbocycles. The second-order valence-corrected chi connectivity index (χ2v) is 9.77. The number of hydrogen-bond acceptors (Lipinski definition) is 4. The molecule has 1 heterocycles. The van der Waals surface area contributed by atoms with E-state index in [1.165, 1.54) is 35.3 Å². The molecule has 1 aromatic carbocycles. The first-order chi connectivity index (χ1) is 12.0. The van der Waals surface area contributed by atoms with Gasteiger partial charge < -0.3 is 11.1 Å².